The first kappa shape index (κ1) is 12.8. The first-order valence-electron chi connectivity index (χ1n) is 6.55. The highest BCUT2D eigenvalue weighted by Gasteiger charge is 2.19. The summed E-state index contributed by atoms with van der Waals surface area (Å²) in [5.74, 6) is 0.0751. The zero-order valence-corrected chi connectivity index (χ0v) is 10.2. The molecule has 0 radical (unpaired) electrons. The maximum Gasteiger partial charge on any atom is 0.222 e. The van der Waals surface area contributed by atoms with Crippen molar-refractivity contribution in [3.8, 4) is 0 Å². The molecule has 2 unspecified atom stereocenters. The van der Waals surface area contributed by atoms with Crippen LogP contribution in [0.4, 0.5) is 0 Å². The number of hydrogen-bond donors (Lipinski definition) is 2. The summed E-state index contributed by atoms with van der Waals surface area (Å²) in [5.41, 5.74) is 0. The zero-order valence-electron chi connectivity index (χ0n) is 10.2. The number of nitrogens with one attached hydrogen (secondary N) is 2. The maximum atomic E-state index is 11.7. The van der Waals surface area contributed by atoms with Crippen LogP contribution in [0.1, 0.15) is 25.7 Å². The highest BCUT2D eigenvalue weighted by Crippen LogP contribution is 2.15. The number of carbonyl (C=O) groups is 1. The van der Waals surface area contributed by atoms with Crippen molar-refractivity contribution in [1.82, 2.24) is 10.6 Å². The van der Waals surface area contributed by atoms with Gasteiger partial charge in [-0.2, -0.15) is 0 Å². The number of amides is 1. The molecule has 0 spiro atoms. The predicted octanol–water partition coefficient (Wildman–Crippen LogP) is 0.0502. The Bertz CT molecular complexity index is 236. The van der Waals surface area contributed by atoms with E-state index in [1.165, 1.54) is 6.42 Å². The first-order chi connectivity index (χ1) is 8.34. The highest BCUT2D eigenvalue weighted by molar-refractivity contribution is 5.76. The summed E-state index contributed by atoms with van der Waals surface area (Å²) in [6.45, 7) is 3.85. The van der Waals surface area contributed by atoms with E-state index in [1.807, 2.05) is 0 Å². The van der Waals surface area contributed by atoms with Crippen molar-refractivity contribution < 1.29 is 14.3 Å². The van der Waals surface area contributed by atoms with Crippen LogP contribution in [0.15, 0.2) is 0 Å². The fourth-order valence-corrected chi connectivity index (χ4v) is 2.23. The molecule has 1 amide bonds. The number of hydrogen-bond acceptors (Lipinski definition) is 4. The van der Waals surface area contributed by atoms with Crippen LogP contribution in [-0.2, 0) is 14.3 Å². The van der Waals surface area contributed by atoms with Gasteiger partial charge in [-0.15, -0.1) is 0 Å². The van der Waals surface area contributed by atoms with Gasteiger partial charge in [-0.25, -0.2) is 0 Å². The van der Waals surface area contributed by atoms with Crippen LogP contribution >= 0.6 is 0 Å². The lowest BCUT2D eigenvalue weighted by atomic mass is 10.1. The van der Waals surface area contributed by atoms with Crippen molar-refractivity contribution in [2.24, 2.45) is 0 Å². The van der Waals surface area contributed by atoms with Crippen LogP contribution in [0.5, 0.6) is 0 Å². The number of rotatable bonds is 4. The van der Waals surface area contributed by atoms with E-state index in [4.69, 9.17) is 9.47 Å². The van der Waals surface area contributed by atoms with Gasteiger partial charge in [-0.1, -0.05) is 0 Å². The van der Waals surface area contributed by atoms with E-state index >= 15 is 0 Å². The lowest BCUT2D eigenvalue weighted by Crippen LogP contribution is -2.45. The highest BCUT2D eigenvalue weighted by atomic mass is 16.5. The molecule has 2 N–H and O–H groups in total. The van der Waals surface area contributed by atoms with E-state index in [9.17, 15) is 4.79 Å². The molecule has 2 saturated heterocycles. The molecule has 5 nitrogen and oxygen atoms in total. The van der Waals surface area contributed by atoms with Crippen molar-refractivity contribution in [1.29, 1.82) is 0 Å². The molecule has 5 heteroatoms. The van der Waals surface area contributed by atoms with Crippen molar-refractivity contribution in [2.45, 2.75) is 37.9 Å². The van der Waals surface area contributed by atoms with E-state index < -0.39 is 0 Å². The molecule has 2 atom stereocenters. The lowest BCUT2D eigenvalue weighted by molar-refractivity contribution is -0.125. The summed E-state index contributed by atoms with van der Waals surface area (Å²) < 4.78 is 11.0. The number of carbonyl (C=O) groups excluding carboxylic acids is 1. The molecule has 0 bridgehead atoms. The van der Waals surface area contributed by atoms with Crippen LogP contribution < -0.4 is 10.6 Å². The van der Waals surface area contributed by atoms with E-state index in [2.05, 4.69) is 10.6 Å². The largest absolute Gasteiger partial charge is 0.378 e. The minimum atomic E-state index is 0.0751. The third kappa shape index (κ3) is 4.61. The van der Waals surface area contributed by atoms with Gasteiger partial charge in [0.1, 0.15) is 0 Å². The topological polar surface area (TPSA) is 59.6 Å². The summed E-state index contributed by atoms with van der Waals surface area (Å²) in [6, 6.07) is 0. The van der Waals surface area contributed by atoms with Crippen LogP contribution in [0, 0.1) is 0 Å². The molecule has 98 valence electrons. The molecule has 2 aliphatic rings. The molecule has 2 rings (SSSR count). The van der Waals surface area contributed by atoms with Crippen LogP contribution in [-0.4, -0.2) is 51.0 Å². The molecule has 0 aromatic heterocycles. The Labute approximate surface area is 102 Å². The van der Waals surface area contributed by atoms with E-state index in [0.717, 1.165) is 39.1 Å². The Morgan fingerprint density at radius 2 is 2.12 bits per heavy atom. The van der Waals surface area contributed by atoms with Gasteiger partial charge in [0.05, 0.1) is 25.2 Å². The van der Waals surface area contributed by atoms with Gasteiger partial charge in [-0.05, 0) is 19.3 Å². The van der Waals surface area contributed by atoms with E-state index in [1.54, 1.807) is 0 Å². The van der Waals surface area contributed by atoms with Gasteiger partial charge < -0.3 is 20.1 Å². The minimum Gasteiger partial charge on any atom is -0.378 e. The molecule has 0 aromatic rings. The monoisotopic (exact) mass is 242 g/mol. The van der Waals surface area contributed by atoms with Gasteiger partial charge in [0.25, 0.3) is 0 Å². The molecule has 0 aliphatic carbocycles. The third-order valence-corrected chi connectivity index (χ3v) is 3.22. The minimum absolute atomic E-state index is 0.0751. The summed E-state index contributed by atoms with van der Waals surface area (Å²) in [5, 5.41) is 6.15. The lowest BCUT2D eigenvalue weighted by Gasteiger charge is -2.25. The second-order valence-corrected chi connectivity index (χ2v) is 4.69. The summed E-state index contributed by atoms with van der Waals surface area (Å²) in [4.78, 5) is 11.7. The van der Waals surface area contributed by atoms with E-state index in [0.29, 0.717) is 13.0 Å². The molecular weight excluding hydrogens is 220 g/mol. The summed E-state index contributed by atoms with van der Waals surface area (Å²) in [6.07, 6.45) is 4.02. The molecule has 2 aliphatic heterocycles. The van der Waals surface area contributed by atoms with Crippen molar-refractivity contribution >= 4 is 5.91 Å². The second-order valence-electron chi connectivity index (χ2n) is 4.69. The molecule has 2 heterocycles. The zero-order chi connectivity index (χ0) is 11.9. The van der Waals surface area contributed by atoms with Crippen LogP contribution in [0.3, 0.4) is 0 Å². The smallest absolute Gasteiger partial charge is 0.222 e. The Kier molecular flexibility index (Phi) is 5.22. The van der Waals surface area contributed by atoms with Gasteiger partial charge >= 0.3 is 0 Å². The number of ether oxygens (including phenoxy) is 2. The van der Waals surface area contributed by atoms with Crippen molar-refractivity contribution in [3.05, 3.63) is 0 Å². The van der Waals surface area contributed by atoms with Crippen LogP contribution in [0.2, 0.25) is 0 Å². The Hall–Kier alpha value is -0.650. The summed E-state index contributed by atoms with van der Waals surface area (Å²) in [7, 11) is 0. The first-order valence-corrected chi connectivity index (χ1v) is 6.55. The quantitative estimate of drug-likeness (QED) is 0.731. The normalized spacial score (nSPS) is 29.9. The molecule has 17 heavy (non-hydrogen) atoms. The Morgan fingerprint density at radius 3 is 2.82 bits per heavy atom. The average Bonchev–Trinajstić information content (AvgIpc) is 2.39. The third-order valence-electron chi connectivity index (χ3n) is 3.22. The molecular formula is C12H22N2O3. The number of morpholine rings is 1. The molecule has 0 aromatic carbocycles. The van der Waals surface area contributed by atoms with Gasteiger partial charge in [0.2, 0.25) is 5.91 Å². The molecule has 0 saturated carbocycles. The van der Waals surface area contributed by atoms with Gasteiger partial charge in [0.15, 0.2) is 0 Å². The maximum absolute atomic E-state index is 11.7. The standard InChI is InChI=1S/C12H22N2O3/c15-12(7-10-3-1-2-5-16-10)14-9-11-8-13-4-6-17-11/h10-11,13H,1-9H2,(H,14,15). The van der Waals surface area contributed by atoms with Crippen molar-refractivity contribution in [2.75, 3.05) is 32.8 Å². The van der Waals surface area contributed by atoms with E-state index in [-0.39, 0.29) is 18.1 Å². The Balaban J connectivity index is 1.59. The van der Waals surface area contributed by atoms with Gasteiger partial charge in [0, 0.05) is 26.2 Å². The Morgan fingerprint density at radius 1 is 1.24 bits per heavy atom. The second kappa shape index (κ2) is 6.93. The van der Waals surface area contributed by atoms with Crippen molar-refractivity contribution in [3.63, 3.8) is 0 Å². The van der Waals surface area contributed by atoms with Crippen LogP contribution in [0.25, 0.3) is 0 Å². The molecule has 2 fully saturated rings. The fourth-order valence-electron chi connectivity index (χ4n) is 2.23. The predicted molar refractivity (Wildman–Crippen MR) is 63.8 cm³/mol. The average molecular weight is 242 g/mol. The van der Waals surface area contributed by atoms with Gasteiger partial charge in [-0.3, -0.25) is 4.79 Å². The fraction of sp³-hybridized carbons (Fsp3) is 0.917. The SMILES string of the molecule is O=C(CC1CCCCO1)NCC1CNCCO1. The summed E-state index contributed by atoms with van der Waals surface area (Å²) >= 11 is 0.